The third kappa shape index (κ3) is 7.52. The molecule has 1 fully saturated rings. The topological polar surface area (TPSA) is 139 Å². The lowest BCUT2D eigenvalue weighted by atomic mass is 10.2. The van der Waals surface area contributed by atoms with Gasteiger partial charge in [-0.25, -0.2) is 0 Å². The number of hydrogen-bond donors (Lipinski definition) is 4. The molecule has 198 valence electrons. The summed E-state index contributed by atoms with van der Waals surface area (Å²) in [6.07, 6.45) is 4.91. The van der Waals surface area contributed by atoms with Crippen LogP contribution in [0.5, 0.6) is 0 Å². The van der Waals surface area contributed by atoms with E-state index in [9.17, 15) is 24.8 Å². The summed E-state index contributed by atoms with van der Waals surface area (Å²) < 4.78 is 1.92. The van der Waals surface area contributed by atoms with E-state index in [0.717, 1.165) is 37.4 Å². The molecule has 0 saturated carbocycles. The Balaban J connectivity index is 1.74. The highest BCUT2D eigenvalue weighted by Crippen LogP contribution is 2.11. The van der Waals surface area contributed by atoms with Crippen LogP contribution < -0.4 is 30.7 Å². The first-order valence-corrected chi connectivity index (χ1v) is 13.3. The van der Waals surface area contributed by atoms with Gasteiger partial charge >= 0.3 is 0 Å². The van der Waals surface area contributed by atoms with Crippen molar-refractivity contribution < 1.29 is 14.7 Å². The highest BCUT2D eigenvalue weighted by Gasteiger charge is 2.17. The zero-order chi connectivity index (χ0) is 26.8. The second kappa shape index (κ2) is 13.7. The third-order valence-electron chi connectivity index (χ3n) is 6.06. The maximum absolute atomic E-state index is 12.9. The van der Waals surface area contributed by atoms with E-state index in [4.69, 9.17) is 0 Å². The predicted molar refractivity (Wildman–Crippen MR) is 144 cm³/mol. The van der Waals surface area contributed by atoms with E-state index in [1.807, 2.05) is 6.07 Å². The number of aliphatic hydroxyl groups excluding tert-OH is 1. The second-order valence-electron chi connectivity index (χ2n) is 8.89. The Labute approximate surface area is 219 Å². The van der Waals surface area contributed by atoms with Gasteiger partial charge in [0.1, 0.15) is 15.3 Å². The predicted octanol–water partition coefficient (Wildman–Crippen LogP) is 0.167. The summed E-state index contributed by atoms with van der Waals surface area (Å²) in [7, 11) is 0. The molecule has 1 aromatic carbocycles. The zero-order valence-corrected chi connectivity index (χ0v) is 22.1. The number of rotatable bonds is 11. The fraction of sp³-hybridized carbons (Fsp3) is 0.462. The normalized spacial score (nSPS) is 15.7. The number of nitrogens with one attached hydrogen (secondary N) is 3. The van der Waals surface area contributed by atoms with E-state index in [0.29, 0.717) is 22.3 Å². The largest absolute Gasteiger partial charge is 0.394 e. The summed E-state index contributed by atoms with van der Waals surface area (Å²) in [6.45, 7) is 7.25. The number of thiazole rings is 1. The second-order valence-corrected chi connectivity index (χ2v) is 9.92. The smallest absolute Gasteiger partial charge is 0.270 e. The van der Waals surface area contributed by atoms with Crippen LogP contribution in [-0.4, -0.2) is 65.2 Å². The number of likely N-dealkylation sites (tertiary alicyclic amines) is 1. The zero-order valence-electron chi connectivity index (χ0n) is 21.2. The van der Waals surface area contributed by atoms with Crippen molar-refractivity contribution in [3.63, 3.8) is 0 Å². The Morgan fingerprint density at radius 2 is 2.05 bits per heavy atom. The quantitative estimate of drug-likeness (QED) is 0.306. The van der Waals surface area contributed by atoms with Crippen LogP contribution in [0.15, 0.2) is 29.1 Å². The molecule has 1 atom stereocenters. The average molecular weight is 527 g/mol. The van der Waals surface area contributed by atoms with Gasteiger partial charge in [0.15, 0.2) is 5.57 Å². The molecule has 2 aromatic rings. The van der Waals surface area contributed by atoms with E-state index >= 15 is 0 Å². The van der Waals surface area contributed by atoms with E-state index in [1.54, 1.807) is 38.1 Å². The summed E-state index contributed by atoms with van der Waals surface area (Å²) in [4.78, 5) is 40.4. The van der Waals surface area contributed by atoms with Crippen LogP contribution in [0.2, 0.25) is 0 Å². The van der Waals surface area contributed by atoms with E-state index in [-0.39, 0.29) is 34.9 Å². The number of amides is 2. The Bertz CT molecular complexity index is 1320. The van der Waals surface area contributed by atoms with Gasteiger partial charge in [-0.05, 0) is 70.9 Å². The molecule has 0 spiro atoms. The van der Waals surface area contributed by atoms with Crippen LogP contribution >= 0.6 is 11.3 Å². The van der Waals surface area contributed by atoms with E-state index in [2.05, 4.69) is 20.9 Å². The van der Waals surface area contributed by atoms with E-state index < -0.39 is 11.9 Å². The number of carbonyl (C=O) groups excluding carboxylic acids is 2. The number of hydrogen-bond acceptors (Lipinski definition) is 8. The summed E-state index contributed by atoms with van der Waals surface area (Å²) in [5, 5.41) is 27.3. The van der Waals surface area contributed by atoms with Gasteiger partial charge in [-0.2, -0.15) is 5.26 Å². The van der Waals surface area contributed by atoms with Crippen molar-refractivity contribution in [2.45, 2.75) is 45.7 Å². The molecular weight excluding hydrogens is 492 g/mol. The van der Waals surface area contributed by atoms with Gasteiger partial charge in [0.05, 0.1) is 6.61 Å². The van der Waals surface area contributed by atoms with Crippen LogP contribution in [-0.2, 0) is 11.3 Å². The molecular formula is C26H34N6O4S. The molecule has 1 aliphatic heterocycles. The molecule has 3 rings (SSSR count). The van der Waals surface area contributed by atoms with Gasteiger partial charge < -0.3 is 26.0 Å². The number of carbonyl (C=O) groups is 2. The van der Waals surface area contributed by atoms with Crippen molar-refractivity contribution in [1.29, 1.82) is 5.26 Å². The molecule has 1 aliphatic rings. The van der Waals surface area contributed by atoms with Gasteiger partial charge in [-0.3, -0.25) is 19.0 Å². The summed E-state index contributed by atoms with van der Waals surface area (Å²) in [5.74, 6) is -0.806. The highest BCUT2D eigenvalue weighted by molar-refractivity contribution is 7.07. The lowest BCUT2D eigenvalue weighted by Gasteiger charge is -2.14. The lowest BCUT2D eigenvalue weighted by molar-refractivity contribution is -0.116. The first-order valence-electron chi connectivity index (χ1n) is 12.5. The minimum atomic E-state index is -0.647. The number of benzene rings is 1. The number of aliphatic hydroxyl groups is 1. The molecule has 4 N–H and O–H groups in total. The van der Waals surface area contributed by atoms with Crippen molar-refractivity contribution in [2.24, 2.45) is 0 Å². The van der Waals surface area contributed by atoms with Crippen LogP contribution in [0.25, 0.3) is 11.8 Å². The molecule has 10 nitrogen and oxygen atoms in total. The van der Waals surface area contributed by atoms with Gasteiger partial charge in [-0.15, -0.1) is 11.3 Å². The lowest BCUT2D eigenvalue weighted by Crippen LogP contribution is -2.38. The fourth-order valence-corrected chi connectivity index (χ4v) is 5.13. The Morgan fingerprint density at radius 3 is 2.73 bits per heavy atom. The van der Waals surface area contributed by atoms with E-state index in [1.165, 1.54) is 23.6 Å². The van der Waals surface area contributed by atoms with Crippen molar-refractivity contribution in [1.82, 2.24) is 20.1 Å². The molecule has 2 heterocycles. The maximum atomic E-state index is 12.9. The average Bonchev–Trinajstić information content (AvgIpc) is 3.53. The molecule has 0 bridgehead atoms. The molecule has 0 radical (unpaired) electrons. The first-order chi connectivity index (χ1) is 17.9. The van der Waals surface area contributed by atoms with Crippen LogP contribution in [0.1, 0.15) is 43.5 Å². The van der Waals surface area contributed by atoms with Crippen molar-refractivity contribution >= 4 is 40.6 Å². The van der Waals surface area contributed by atoms with Crippen LogP contribution in [0.3, 0.4) is 0 Å². The SMILES string of the molecule is CCn1c(=O)/c(=C\Nc2cccc(C(=O)NCCCN3CCCC3)c2)s/c1=C(/C#N)C(=O)N[C@@H](C)CO. The highest BCUT2D eigenvalue weighted by atomic mass is 32.1. The van der Waals surface area contributed by atoms with Gasteiger partial charge in [-0.1, -0.05) is 6.07 Å². The standard InChI is InChI=1S/C26H34N6O4S/c1-3-32-25(36)22(37-26(32)21(15-27)24(35)30-18(2)17-33)16-29-20-9-6-8-19(14-20)23(34)28-10-7-13-31-11-4-5-12-31/h6,8-9,14,16,18,29,33H,3-5,7,10-13,17H2,1-2H3,(H,28,34)(H,30,35)/b22-16+,26-21-/t18-/m0/s1. The van der Waals surface area contributed by atoms with Crippen LogP contribution in [0.4, 0.5) is 5.69 Å². The van der Waals surface area contributed by atoms with Crippen LogP contribution in [0, 0.1) is 11.3 Å². The molecule has 1 aromatic heterocycles. The minimum absolute atomic E-state index is 0.159. The Hall–Kier alpha value is -3.46. The molecule has 1 saturated heterocycles. The van der Waals surface area contributed by atoms with Gasteiger partial charge in [0.2, 0.25) is 0 Å². The fourth-order valence-electron chi connectivity index (χ4n) is 4.04. The number of nitrogens with zero attached hydrogens (tertiary/aromatic N) is 3. The van der Waals surface area contributed by atoms with Crippen molar-refractivity contribution in [3.05, 3.63) is 49.4 Å². The monoisotopic (exact) mass is 526 g/mol. The number of nitriles is 1. The van der Waals surface area contributed by atoms with Crippen molar-refractivity contribution in [3.8, 4) is 6.07 Å². The summed E-state index contributed by atoms with van der Waals surface area (Å²) in [5.41, 5.74) is 0.609. The molecule has 2 amide bonds. The van der Waals surface area contributed by atoms with Gasteiger partial charge in [0.25, 0.3) is 17.4 Å². The Morgan fingerprint density at radius 1 is 1.30 bits per heavy atom. The maximum Gasteiger partial charge on any atom is 0.270 e. The number of anilines is 1. The molecule has 0 aliphatic carbocycles. The first kappa shape index (κ1) is 28.1. The molecule has 11 heteroatoms. The number of aromatic nitrogens is 1. The molecule has 0 unspecified atom stereocenters. The minimum Gasteiger partial charge on any atom is -0.394 e. The summed E-state index contributed by atoms with van der Waals surface area (Å²) in [6, 6.07) is 8.33. The third-order valence-corrected chi connectivity index (χ3v) is 7.19. The van der Waals surface area contributed by atoms with Crippen molar-refractivity contribution in [2.75, 3.05) is 38.1 Å². The Kier molecular flexibility index (Phi) is 10.4. The van der Waals surface area contributed by atoms with Gasteiger partial charge in [0, 0.05) is 36.6 Å². The summed E-state index contributed by atoms with van der Waals surface area (Å²) >= 11 is 1.03. The molecule has 37 heavy (non-hydrogen) atoms.